The Balaban J connectivity index is 1.11. The lowest BCUT2D eigenvalue weighted by atomic mass is 9.96. The number of benzene rings is 3. The summed E-state index contributed by atoms with van der Waals surface area (Å²) in [5.41, 5.74) is 12.4. The second-order valence-corrected chi connectivity index (χ2v) is 12.2. The van der Waals surface area contributed by atoms with Crippen LogP contribution in [0.25, 0.3) is 27.8 Å². The number of imidazole rings is 2. The van der Waals surface area contributed by atoms with Gasteiger partial charge in [-0.15, -0.1) is 0 Å². The highest BCUT2D eigenvalue weighted by atomic mass is 16.5. The van der Waals surface area contributed by atoms with Gasteiger partial charge in [-0.05, 0) is 74.1 Å². The number of aryl methyl sites for hydroxylation is 2. The van der Waals surface area contributed by atoms with Crippen molar-refractivity contribution in [2.45, 2.75) is 70.5 Å². The van der Waals surface area contributed by atoms with E-state index in [4.69, 9.17) is 15.5 Å². The summed E-state index contributed by atoms with van der Waals surface area (Å²) in [6.07, 6.45) is 4.64. The van der Waals surface area contributed by atoms with Crippen molar-refractivity contribution in [3.63, 3.8) is 0 Å². The van der Waals surface area contributed by atoms with Gasteiger partial charge < -0.3 is 19.9 Å². The van der Waals surface area contributed by atoms with E-state index in [1.165, 1.54) is 0 Å². The van der Waals surface area contributed by atoms with Gasteiger partial charge in [0.1, 0.15) is 5.82 Å². The summed E-state index contributed by atoms with van der Waals surface area (Å²) in [6.45, 7) is 5.71. The first-order valence-corrected chi connectivity index (χ1v) is 16.3. The Morgan fingerprint density at radius 1 is 0.978 bits per heavy atom. The Morgan fingerprint density at radius 3 is 2.47 bits per heavy atom. The number of carbonyl (C=O) groups excluding carboxylic acids is 1. The molecule has 2 N–H and O–H groups in total. The fourth-order valence-corrected chi connectivity index (χ4v) is 6.83. The third-order valence-corrected chi connectivity index (χ3v) is 8.97. The Kier molecular flexibility index (Phi) is 9.47. The van der Waals surface area contributed by atoms with Crippen LogP contribution >= 0.6 is 0 Å². The van der Waals surface area contributed by atoms with Gasteiger partial charge in [-0.2, -0.15) is 0 Å². The molecule has 0 unspecified atom stereocenters. The average Bonchev–Trinajstić information content (AvgIpc) is 3.56. The lowest BCUT2D eigenvalue weighted by Crippen LogP contribution is -2.42. The van der Waals surface area contributed by atoms with E-state index in [0.29, 0.717) is 32.5 Å². The number of aromatic nitrogens is 4. The van der Waals surface area contributed by atoms with Gasteiger partial charge in [0.15, 0.2) is 0 Å². The number of hydrogen-bond acceptors (Lipinski definition) is 5. The van der Waals surface area contributed by atoms with Crippen LogP contribution in [-0.4, -0.2) is 62.3 Å². The molecule has 9 heteroatoms. The van der Waals surface area contributed by atoms with Gasteiger partial charge in [-0.1, -0.05) is 43.3 Å². The predicted octanol–water partition coefficient (Wildman–Crippen LogP) is 5.25. The zero-order chi connectivity index (χ0) is 31.3. The number of amides is 1. The van der Waals surface area contributed by atoms with Crippen molar-refractivity contribution in [2.24, 2.45) is 5.73 Å². The molecule has 5 aromatic rings. The fourth-order valence-electron chi connectivity index (χ4n) is 6.83. The predicted molar refractivity (Wildman–Crippen MR) is 179 cm³/mol. The number of rotatable bonds is 12. The van der Waals surface area contributed by atoms with Crippen molar-refractivity contribution in [1.29, 1.82) is 0 Å². The van der Waals surface area contributed by atoms with E-state index in [9.17, 15) is 9.59 Å². The molecule has 1 amide bonds. The maximum Gasteiger partial charge on any atom is 0.333 e. The molecule has 0 radical (unpaired) electrons. The van der Waals surface area contributed by atoms with Gasteiger partial charge in [0.05, 0.1) is 27.8 Å². The SMILES string of the molecule is CCCn1c(=O)n(-c2ccc(C[C@@H](N)CC(=O)N3CCC[C@@H](c4nc5ccccc5n4CCCOC)C3)cc2)c2ccccc21. The maximum atomic E-state index is 13.5. The standard InChI is InChI=1S/C36H44N6O3/c1-3-19-41-32-13-6-7-14-33(32)42(36(41)44)29-17-15-26(16-18-29)23-28(37)24-34(43)39-20-8-10-27(25-39)35-38-30-11-4-5-12-31(30)40(35)21-9-22-45-2/h4-7,11-18,27-28H,3,8-10,19-25,37H2,1-2H3/t27-,28-/m1/s1. The Hall–Kier alpha value is -4.21. The molecule has 3 heterocycles. The van der Waals surface area contributed by atoms with Crippen molar-refractivity contribution in [3.8, 4) is 5.69 Å². The minimum atomic E-state index is -0.295. The van der Waals surface area contributed by atoms with E-state index in [1.54, 1.807) is 11.7 Å². The first-order valence-electron chi connectivity index (χ1n) is 16.3. The highest BCUT2D eigenvalue weighted by Crippen LogP contribution is 2.30. The number of piperidine rings is 1. The number of carbonyl (C=O) groups is 1. The maximum absolute atomic E-state index is 13.5. The van der Waals surface area contributed by atoms with Crippen LogP contribution in [0.2, 0.25) is 0 Å². The molecule has 1 aliphatic heterocycles. The summed E-state index contributed by atoms with van der Waals surface area (Å²) in [4.78, 5) is 33.8. The molecule has 0 bridgehead atoms. The molecular weight excluding hydrogens is 564 g/mol. The Labute approximate surface area is 264 Å². The molecular formula is C36H44N6O3. The van der Waals surface area contributed by atoms with Crippen LogP contribution in [0.1, 0.15) is 56.3 Å². The van der Waals surface area contributed by atoms with Crippen LogP contribution in [0.4, 0.5) is 0 Å². The second kappa shape index (κ2) is 13.8. The molecule has 0 spiro atoms. The Morgan fingerprint density at radius 2 is 1.71 bits per heavy atom. The van der Waals surface area contributed by atoms with E-state index in [0.717, 1.165) is 77.9 Å². The third-order valence-electron chi connectivity index (χ3n) is 8.97. The first kappa shape index (κ1) is 30.8. The van der Waals surface area contributed by atoms with Crippen LogP contribution in [0.3, 0.4) is 0 Å². The third kappa shape index (κ3) is 6.46. The van der Waals surface area contributed by atoms with Crippen molar-refractivity contribution in [3.05, 3.63) is 94.7 Å². The average molecular weight is 609 g/mol. The second-order valence-electron chi connectivity index (χ2n) is 12.2. The van der Waals surface area contributed by atoms with Crippen molar-refractivity contribution in [1.82, 2.24) is 23.6 Å². The van der Waals surface area contributed by atoms with E-state index >= 15 is 0 Å². The van der Waals surface area contributed by atoms with Gasteiger partial charge in [0, 0.05) is 58.3 Å². The number of ether oxygens (including phenoxy) is 1. The topological polar surface area (TPSA) is 100 Å². The van der Waals surface area contributed by atoms with Crippen LogP contribution in [0, 0.1) is 0 Å². The van der Waals surface area contributed by atoms with E-state index < -0.39 is 0 Å². The van der Waals surface area contributed by atoms with Gasteiger partial charge >= 0.3 is 5.69 Å². The van der Waals surface area contributed by atoms with E-state index in [1.807, 2.05) is 64.1 Å². The summed E-state index contributed by atoms with van der Waals surface area (Å²) in [6, 6.07) is 23.9. The lowest BCUT2D eigenvalue weighted by Gasteiger charge is -2.33. The molecule has 2 aromatic heterocycles. The number of methoxy groups -OCH3 is 1. The molecule has 236 valence electrons. The fraction of sp³-hybridized carbons (Fsp3) is 0.417. The smallest absolute Gasteiger partial charge is 0.333 e. The lowest BCUT2D eigenvalue weighted by molar-refractivity contribution is -0.132. The normalized spacial score (nSPS) is 16.1. The number of nitrogens with two attached hydrogens (primary N) is 1. The highest BCUT2D eigenvalue weighted by molar-refractivity contribution is 5.79. The summed E-state index contributed by atoms with van der Waals surface area (Å²) < 4.78 is 11.2. The summed E-state index contributed by atoms with van der Waals surface area (Å²) >= 11 is 0. The molecule has 3 aromatic carbocycles. The molecule has 1 aliphatic rings. The first-order chi connectivity index (χ1) is 22.0. The summed E-state index contributed by atoms with van der Waals surface area (Å²) in [7, 11) is 1.73. The largest absolute Gasteiger partial charge is 0.385 e. The molecule has 0 saturated carbocycles. The van der Waals surface area contributed by atoms with Crippen molar-refractivity contribution >= 4 is 28.0 Å². The van der Waals surface area contributed by atoms with Gasteiger partial charge in [-0.25, -0.2) is 9.78 Å². The quantitative estimate of drug-likeness (QED) is 0.195. The van der Waals surface area contributed by atoms with Gasteiger partial charge in [-0.3, -0.25) is 13.9 Å². The van der Waals surface area contributed by atoms with E-state index in [2.05, 4.69) is 29.7 Å². The minimum absolute atomic E-state index is 0.0292. The number of fused-ring (bicyclic) bond motifs is 2. The molecule has 6 rings (SSSR count). The monoisotopic (exact) mass is 608 g/mol. The van der Waals surface area contributed by atoms with Crippen LogP contribution in [0.5, 0.6) is 0 Å². The van der Waals surface area contributed by atoms with Crippen LogP contribution in [-0.2, 0) is 29.0 Å². The zero-order valence-electron chi connectivity index (χ0n) is 26.4. The molecule has 9 nitrogen and oxygen atoms in total. The number of nitrogens with zero attached hydrogens (tertiary/aromatic N) is 5. The number of para-hydroxylation sites is 4. The molecule has 0 aliphatic carbocycles. The molecule has 2 atom stereocenters. The zero-order valence-corrected chi connectivity index (χ0v) is 26.4. The van der Waals surface area contributed by atoms with Crippen LogP contribution < -0.4 is 11.4 Å². The van der Waals surface area contributed by atoms with Gasteiger partial charge in [0.25, 0.3) is 0 Å². The molecule has 1 saturated heterocycles. The van der Waals surface area contributed by atoms with Crippen LogP contribution in [0.15, 0.2) is 77.6 Å². The Bertz CT molecular complexity index is 1820. The number of hydrogen-bond donors (Lipinski definition) is 1. The minimum Gasteiger partial charge on any atom is -0.385 e. The summed E-state index contributed by atoms with van der Waals surface area (Å²) in [5, 5.41) is 0. The highest BCUT2D eigenvalue weighted by Gasteiger charge is 2.29. The van der Waals surface area contributed by atoms with E-state index in [-0.39, 0.29) is 23.6 Å². The van der Waals surface area contributed by atoms with Crippen molar-refractivity contribution < 1.29 is 9.53 Å². The summed E-state index contributed by atoms with van der Waals surface area (Å²) in [5.74, 6) is 1.35. The van der Waals surface area contributed by atoms with Gasteiger partial charge in [0.2, 0.25) is 5.91 Å². The van der Waals surface area contributed by atoms with Crippen molar-refractivity contribution in [2.75, 3.05) is 26.8 Å². The molecule has 1 fully saturated rings. The number of likely N-dealkylation sites (tertiary alicyclic amines) is 1. The molecule has 45 heavy (non-hydrogen) atoms.